The molecule has 0 atom stereocenters. The summed E-state index contributed by atoms with van der Waals surface area (Å²) in [6, 6.07) is -0.369. The number of amides is 3. The van der Waals surface area contributed by atoms with Crippen molar-refractivity contribution < 1.29 is 9.59 Å². The van der Waals surface area contributed by atoms with Crippen LogP contribution in [0, 0.1) is 13.8 Å². The van der Waals surface area contributed by atoms with E-state index in [-0.39, 0.29) is 18.1 Å². The van der Waals surface area contributed by atoms with E-state index in [1.807, 2.05) is 13.8 Å². The summed E-state index contributed by atoms with van der Waals surface area (Å²) in [4.78, 5) is 42.3. The van der Waals surface area contributed by atoms with E-state index in [1.54, 1.807) is 0 Å². The second kappa shape index (κ2) is 6.72. The van der Waals surface area contributed by atoms with E-state index in [2.05, 4.69) is 15.6 Å². The summed E-state index contributed by atoms with van der Waals surface area (Å²) >= 11 is 1.46. The van der Waals surface area contributed by atoms with Gasteiger partial charge >= 0.3 is 6.03 Å². The van der Waals surface area contributed by atoms with Gasteiger partial charge in [-0.1, -0.05) is 12.8 Å². The predicted molar refractivity (Wildman–Crippen MR) is 92.3 cm³/mol. The van der Waals surface area contributed by atoms with Gasteiger partial charge in [-0.3, -0.25) is 19.5 Å². The Bertz CT molecular complexity index is 849. The van der Waals surface area contributed by atoms with Crippen LogP contribution in [0.4, 0.5) is 4.79 Å². The third-order valence-corrected chi connectivity index (χ3v) is 5.53. The summed E-state index contributed by atoms with van der Waals surface area (Å²) in [6.07, 6.45) is 5.43. The lowest BCUT2D eigenvalue weighted by Gasteiger charge is -2.12. The van der Waals surface area contributed by atoms with Crippen molar-refractivity contribution in [2.75, 3.05) is 0 Å². The minimum absolute atomic E-state index is 0.134. The Kier molecular flexibility index (Phi) is 4.66. The molecular weight excluding hydrogens is 328 g/mol. The van der Waals surface area contributed by atoms with Crippen LogP contribution in [0.15, 0.2) is 11.1 Å². The third-order valence-electron chi connectivity index (χ3n) is 4.41. The zero-order chi connectivity index (χ0) is 17.3. The second-order valence-electron chi connectivity index (χ2n) is 6.14. The van der Waals surface area contributed by atoms with Gasteiger partial charge in [0.25, 0.3) is 5.56 Å². The molecule has 3 amide bonds. The van der Waals surface area contributed by atoms with Gasteiger partial charge in [0.05, 0.1) is 11.7 Å². The number of urea groups is 1. The Morgan fingerprint density at radius 1 is 1.33 bits per heavy atom. The molecule has 7 nitrogen and oxygen atoms in total. The predicted octanol–water partition coefficient (Wildman–Crippen LogP) is 1.84. The van der Waals surface area contributed by atoms with Crippen molar-refractivity contribution in [1.82, 2.24) is 20.2 Å². The van der Waals surface area contributed by atoms with Gasteiger partial charge in [-0.05, 0) is 32.3 Å². The van der Waals surface area contributed by atoms with Gasteiger partial charge in [0.2, 0.25) is 5.91 Å². The fourth-order valence-electron chi connectivity index (χ4n) is 3.00. The first-order valence-electron chi connectivity index (χ1n) is 8.01. The Hall–Kier alpha value is -2.22. The molecular formula is C16H20N4O3S. The summed E-state index contributed by atoms with van der Waals surface area (Å²) in [7, 11) is 0. The third kappa shape index (κ3) is 3.33. The first-order chi connectivity index (χ1) is 11.5. The van der Waals surface area contributed by atoms with Crippen LogP contribution in [-0.2, 0) is 11.3 Å². The minimum atomic E-state index is -0.529. The molecule has 2 aromatic heterocycles. The SMILES string of the molecule is Cc1sc2ncn(CC(=O)NC(=O)NC3CCCC3)c(=O)c2c1C. The molecule has 2 heterocycles. The Morgan fingerprint density at radius 3 is 2.75 bits per heavy atom. The van der Waals surface area contributed by atoms with Crippen LogP contribution >= 0.6 is 11.3 Å². The number of imide groups is 1. The Labute approximate surface area is 143 Å². The maximum absolute atomic E-state index is 12.5. The van der Waals surface area contributed by atoms with Gasteiger partial charge in [-0.15, -0.1) is 11.3 Å². The Balaban J connectivity index is 1.69. The molecule has 1 saturated carbocycles. The Morgan fingerprint density at radius 2 is 2.04 bits per heavy atom. The smallest absolute Gasteiger partial charge is 0.321 e. The zero-order valence-electron chi connectivity index (χ0n) is 13.7. The van der Waals surface area contributed by atoms with Crippen molar-refractivity contribution in [2.24, 2.45) is 0 Å². The molecule has 0 bridgehead atoms. The first kappa shape index (κ1) is 16.6. The molecule has 0 unspecified atom stereocenters. The van der Waals surface area contributed by atoms with Crippen molar-refractivity contribution in [3.8, 4) is 0 Å². The topological polar surface area (TPSA) is 93.1 Å². The van der Waals surface area contributed by atoms with Crippen LogP contribution < -0.4 is 16.2 Å². The maximum atomic E-state index is 12.5. The number of nitrogens with zero attached hydrogens (tertiary/aromatic N) is 2. The average Bonchev–Trinajstić information content (AvgIpc) is 3.11. The highest BCUT2D eigenvalue weighted by Crippen LogP contribution is 2.25. The van der Waals surface area contributed by atoms with Crippen LogP contribution in [0.25, 0.3) is 10.2 Å². The number of hydrogen-bond donors (Lipinski definition) is 2. The molecule has 3 rings (SSSR count). The first-order valence-corrected chi connectivity index (χ1v) is 8.83. The van der Waals surface area contributed by atoms with Crippen molar-refractivity contribution >= 4 is 33.5 Å². The molecule has 0 aliphatic heterocycles. The molecule has 2 N–H and O–H groups in total. The van der Waals surface area contributed by atoms with Gasteiger partial charge < -0.3 is 5.32 Å². The molecule has 0 radical (unpaired) electrons. The number of fused-ring (bicyclic) bond motifs is 1. The standard InChI is InChI=1S/C16H20N4O3S/c1-9-10(2)24-14-13(9)15(22)20(8-17-14)7-12(21)19-16(23)18-11-5-3-4-6-11/h8,11H,3-7H2,1-2H3,(H2,18,19,21,23). The van der Waals surface area contributed by atoms with Gasteiger partial charge in [0.1, 0.15) is 11.4 Å². The number of carbonyl (C=O) groups excluding carboxylic acids is 2. The van der Waals surface area contributed by atoms with Gasteiger partial charge in [-0.25, -0.2) is 9.78 Å². The summed E-state index contributed by atoms with van der Waals surface area (Å²) in [5.41, 5.74) is 0.634. The van der Waals surface area contributed by atoms with Crippen molar-refractivity contribution in [3.63, 3.8) is 0 Å². The van der Waals surface area contributed by atoms with Crippen LogP contribution in [0.1, 0.15) is 36.1 Å². The molecule has 1 aliphatic carbocycles. The van der Waals surface area contributed by atoms with E-state index in [1.165, 1.54) is 22.2 Å². The van der Waals surface area contributed by atoms with Gasteiger partial charge in [0.15, 0.2) is 0 Å². The number of thiophene rings is 1. The fourth-order valence-corrected chi connectivity index (χ4v) is 3.98. The van der Waals surface area contributed by atoms with Crippen LogP contribution in [0.3, 0.4) is 0 Å². The fraction of sp³-hybridized carbons (Fsp3) is 0.500. The molecule has 2 aromatic rings. The summed E-state index contributed by atoms with van der Waals surface area (Å²) in [6.45, 7) is 3.58. The summed E-state index contributed by atoms with van der Waals surface area (Å²) < 4.78 is 1.24. The lowest BCUT2D eigenvalue weighted by molar-refractivity contribution is -0.120. The van der Waals surface area contributed by atoms with Gasteiger partial charge in [-0.2, -0.15) is 0 Å². The van der Waals surface area contributed by atoms with Crippen molar-refractivity contribution in [1.29, 1.82) is 0 Å². The number of hydrogen-bond acceptors (Lipinski definition) is 5. The largest absolute Gasteiger partial charge is 0.335 e. The number of rotatable bonds is 3. The number of carbonyl (C=O) groups is 2. The van der Waals surface area contributed by atoms with Crippen LogP contribution in [0.5, 0.6) is 0 Å². The minimum Gasteiger partial charge on any atom is -0.335 e. The number of aromatic nitrogens is 2. The lowest BCUT2D eigenvalue weighted by atomic mass is 10.2. The molecule has 128 valence electrons. The normalized spacial score (nSPS) is 14.9. The lowest BCUT2D eigenvalue weighted by Crippen LogP contribution is -2.45. The van der Waals surface area contributed by atoms with E-state index in [4.69, 9.17) is 0 Å². The van der Waals surface area contributed by atoms with Crippen LogP contribution in [0.2, 0.25) is 0 Å². The summed E-state index contributed by atoms with van der Waals surface area (Å²) in [5, 5.41) is 5.60. The average molecular weight is 348 g/mol. The molecule has 0 saturated heterocycles. The van der Waals surface area contributed by atoms with Crippen LogP contribution in [-0.4, -0.2) is 27.5 Å². The van der Waals surface area contributed by atoms with E-state index in [0.717, 1.165) is 36.1 Å². The zero-order valence-corrected chi connectivity index (χ0v) is 14.5. The van der Waals surface area contributed by atoms with E-state index in [9.17, 15) is 14.4 Å². The molecule has 1 aliphatic rings. The highest BCUT2D eigenvalue weighted by molar-refractivity contribution is 7.18. The van der Waals surface area contributed by atoms with Gasteiger partial charge in [0, 0.05) is 10.9 Å². The van der Waals surface area contributed by atoms with Crippen molar-refractivity contribution in [3.05, 3.63) is 27.1 Å². The maximum Gasteiger partial charge on any atom is 0.321 e. The molecule has 8 heteroatoms. The number of nitrogens with one attached hydrogen (secondary N) is 2. The monoisotopic (exact) mass is 348 g/mol. The van der Waals surface area contributed by atoms with E-state index >= 15 is 0 Å². The highest BCUT2D eigenvalue weighted by Gasteiger charge is 2.19. The second-order valence-corrected chi connectivity index (χ2v) is 7.35. The molecule has 1 fully saturated rings. The van der Waals surface area contributed by atoms with E-state index in [0.29, 0.717) is 10.2 Å². The molecule has 24 heavy (non-hydrogen) atoms. The summed E-state index contributed by atoms with van der Waals surface area (Å²) in [5.74, 6) is -0.529. The van der Waals surface area contributed by atoms with E-state index < -0.39 is 11.9 Å². The quantitative estimate of drug-likeness (QED) is 0.885. The number of aryl methyl sites for hydroxylation is 2. The van der Waals surface area contributed by atoms with Crippen molar-refractivity contribution in [2.45, 2.75) is 52.1 Å². The molecule has 0 aromatic carbocycles. The highest BCUT2D eigenvalue weighted by atomic mass is 32.1. The molecule has 0 spiro atoms.